The largest absolute Gasteiger partial charge is 0.486 e. The number of esters is 1. The molecule has 0 radical (unpaired) electrons. The van der Waals surface area contributed by atoms with Crippen molar-refractivity contribution >= 4 is 29.1 Å². The van der Waals surface area contributed by atoms with Crippen LogP contribution in [0.5, 0.6) is 11.5 Å². The minimum absolute atomic E-state index is 0.201. The number of aromatic nitrogens is 1. The Bertz CT molecular complexity index is 1060. The van der Waals surface area contributed by atoms with Crippen molar-refractivity contribution in [2.24, 2.45) is 0 Å². The average molecular weight is 414 g/mol. The molecule has 150 valence electrons. The summed E-state index contributed by atoms with van der Waals surface area (Å²) in [7, 11) is 0. The first-order chi connectivity index (χ1) is 14.0. The summed E-state index contributed by atoms with van der Waals surface area (Å²) >= 11 is 1.27. The SMILES string of the molecule is Cc1cc(NC(=O)C(C)OC(=O)c2ccc(-c3ccc4c(c3)OCCO4)s2)on1. The van der Waals surface area contributed by atoms with Crippen molar-refractivity contribution in [2.75, 3.05) is 18.5 Å². The molecular formula is C20H18N2O6S. The van der Waals surface area contributed by atoms with Crippen LogP contribution in [0.4, 0.5) is 5.88 Å². The zero-order chi connectivity index (χ0) is 20.4. The molecule has 1 aliphatic rings. The fourth-order valence-electron chi connectivity index (χ4n) is 2.72. The molecule has 1 aliphatic heterocycles. The van der Waals surface area contributed by atoms with Gasteiger partial charge in [0.2, 0.25) is 5.88 Å². The van der Waals surface area contributed by atoms with E-state index in [-0.39, 0.29) is 5.88 Å². The summed E-state index contributed by atoms with van der Waals surface area (Å²) in [6.45, 7) is 4.26. The highest BCUT2D eigenvalue weighted by Crippen LogP contribution is 2.37. The van der Waals surface area contributed by atoms with Gasteiger partial charge in [0.25, 0.3) is 5.91 Å². The van der Waals surface area contributed by atoms with Gasteiger partial charge in [-0.1, -0.05) is 5.16 Å². The van der Waals surface area contributed by atoms with E-state index in [0.717, 1.165) is 10.4 Å². The molecule has 4 rings (SSSR count). The van der Waals surface area contributed by atoms with Gasteiger partial charge in [0.05, 0.1) is 5.69 Å². The van der Waals surface area contributed by atoms with Crippen LogP contribution in [0.1, 0.15) is 22.3 Å². The molecule has 1 amide bonds. The maximum absolute atomic E-state index is 12.4. The van der Waals surface area contributed by atoms with E-state index < -0.39 is 18.0 Å². The lowest BCUT2D eigenvalue weighted by Crippen LogP contribution is -2.29. The van der Waals surface area contributed by atoms with Crippen LogP contribution in [-0.2, 0) is 9.53 Å². The number of ether oxygens (including phenoxy) is 3. The molecule has 0 bridgehead atoms. The third-order valence-corrected chi connectivity index (χ3v) is 5.28. The number of nitrogens with zero attached hydrogens (tertiary/aromatic N) is 1. The van der Waals surface area contributed by atoms with E-state index in [1.807, 2.05) is 24.3 Å². The van der Waals surface area contributed by atoms with Gasteiger partial charge in [-0.3, -0.25) is 10.1 Å². The van der Waals surface area contributed by atoms with Gasteiger partial charge in [0.1, 0.15) is 18.1 Å². The van der Waals surface area contributed by atoms with E-state index in [2.05, 4.69) is 10.5 Å². The number of hydrogen-bond donors (Lipinski definition) is 1. The zero-order valence-corrected chi connectivity index (χ0v) is 16.6. The van der Waals surface area contributed by atoms with Crippen LogP contribution in [0.2, 0.25) is 0 Å². The molecule has 2 aromatic heterocycles. The fraction of sp³-hybridized carbons (Fsp3) is 0.250. The van der Waals surface area contributed by atoms with Crippen LogP contribution in [-0.4, -0.2) is 36.4 Å². The van der Waals surface area contributed by atoms with Crippen molar-refractivity contribution in [2.45, 2.75) is 20.0 Å². The number of aryl methyl sites for hydroxylation is 1. The third kappa shape index (κ3) is 4.24. The Morgan fingerprint density at radius 2 is 1.93 bits per heavy atom. The highest BCUT2D eigenvalue weighted by atomic mass is 32.1. The van der Waals surface area contributed by atoms with Gasteiger partial charge in [-0.2, -0.15) is 0 Å². The number of benzene rings is 1. The van der Waals surface area contributed by atoms with Crippen molar-refractivity contribution in [1.29, 1.82) is 0 Å². The molecule has 0 spiro atoms. The van der Waals surface area contributed by atoms with E-state index in [0.29, 0.717) is 35.3 Å². The molecule has 1 unspecified atom stereocenters. The second-order valence-corrected chi connectivity index (χ2v) is 7.48. The van der Waals surface area contributed by atoms with Gasteiger partial charge >= 0.3 is 5.97 Å². The number of amides is 1. The summed E-state index contributed by atoms with van der Waals surface area (Å²) in [6, 6.07) is 10.7. The smallest absolute Gasteiger partial charge is 0.349 e. The molecule has 3 aromatic rings. The molecule has 29 heavy (non-hydrogen) atoms. The van der Waals surface area contributed by atoms with E-state index in [1.54, 1.807) is 19.1 Å². The third-order valence-electron chi connectivity index (χ3n) is 4.16. The Hall–Kier alpha value is -3.33. The molecular weight excluding hydrogens is 396 g/mol. The van der Waals surface area contributed by atoms with Gasteiger partial charge in [0.15, 0.2) is 17.6 Å². The van der Waals surface area contributed by atoms with Gasteiger partial charge in [0, 0.05) is 10.9 Å². The summed E-state index contributed by atoms with van der Waals surface area (Å²) in [5.41, 5.74) is 1.54. The average Bonchev–Trinajstić information content (AvgIpc) is 3.37. The number of anilines is 1. The standard InChI is InChI=1S/C20H18N2O6S/c1-11-9-18(28-22-11)21-19(23)12(2)27-20(24)17-6-5-16(29-17)13-3-4-14-15(10-13)26-8-7-25-14/h3-6,9-10,12H,7-8H2,1-2H3,(H,21,23). The molecule has 0 fully saturated rings. The molecule has 0 aliphatic carbocycles. The van der Waals surface area contributed by atoms with Crippen LogP contribution in [0.3, 0.4) is 0 Å². The van der Waals surface area contributed by atoms with Crippen molar-refractivity contribution in [1.82, 2.24) is 5.16 Å². The quantitative estimate of drug-likeness (QED) is 0.636. The first-order valence-electron chi connectivity index (χ1n) is 8.94. The highest BCUT2D eigenvalue weighted by molar-refractivity contribution is 7.17. The van der Waals surface area contributed by atoms with Crippen molar-refractivity contribution in [3.63, 3.8) is 0 Å². The Morgan fingerprint density at radius 1 is 1.14 bits per heavy atom. The topological polar surface area (TPSA) is 99.9 Å². The van der Waals surface area contributed by atoms with E-state index in [1.165, 1.54) is 18.3 Å². The molecule has 1 N–H and O–H groups in total. The Kier molecular flexibility index (Phi) is 5.22. The first-order valence-corrected chi connectivity index (χ1v) is 9.76. The zero-order valence-electron chi connectivity index (χ0n) is 15.8. The second kappa shape index (κ2) is 7.96. The van der Waals surface area contributed by atoms with Crippen molar-refractivity contribution in [3.8, 4) is 21.9 Å². The molecule has 8 nitrogen and oxygen atoms in total. The van der Waals surface area contributed by atoms with Crippen LogP contribution in [0.15, 0.2) is 40.9 Å². The Labute approximate surface area is 170 Å². The predicted molar refractivity (Wildman–Crippen MR) is 105 cm³/mol. The normalized spacial score (nSPS) is 13.6. The fourth-order valence-corrected chi connectivity index (χ4v) is 3.60. The lowest BCUT2D eigenvalue weighted by molar-refractivity contribution is -0.123. The first kappa shape index (κ1) is 19.0. The number of carbonyl (C=O) groups is 2. The maximum Gasteiger partial charge on any atom is 0.349 e. The van der Waals surface area contributed by atoms with E-state index >= 15 is 0 Å². The summed E-state index contributed by atoms with van der Waals surface area (Å²) in [6.07, 6.45) is -0.993. The minimum atomic E-state index is -0.993. The van der Waals surface area contributed by atoms with Gasteiger partial charge in [-0.25, -0.2) is 4.79 Å². The lowest BCUT2D eigenvalue weighted by Gasteiger charge is -2.18. The Balaban J connectivity index is 1.41. The van der Waals surface area contributed by atoms with Gasteiger partial charge in [-0.15, -0.1) is 11.3 Å². The number of thiophene rings is 1. The predicted octanol–water partition coefficient (Wildman–Crippen LogP) is 3.67. The number of carbonyl (C=O) groups excluding carboxylic acids is 2. The maximum atomic E-state index is 12.4. The number of fused-ring (bicyclic) bond motifs is 1. The summed E-state index contributed by atoms with van der Waals surface area (Å²) in [5.74, 6) is 0.512. The monoisotopic (exact) mass is 414 g/mol. The summed E-state index contributed by atoms with van der Waals surface area (Å²) < 4.78 is 21.3. The van der Waals surface area contributed by atoms with E-state index in [4.69, 9.17) is 18.7 Å². The molecule has 0 saturated carbocycles. The van der Waals surface area contributed by atoms with Crippen LogP contribution in [0.25, 0.3) is 10.4 Å². The number of nitrogens with one attached hydrogen (secondary N) is 1. The van der Waals surface area contributed by atoms with Gasteiger partial charge in [-0.05, 0) is 49.7 Å². The summed E-state index contributed by atoms with van der Waals surface area (Å²) in [4.78, 5) is 25.8. The number of hydrogen-bond acceptors (Lipinski definition) is 8. The van der Waals surface area contributed by atoms with E-state index in [9.17, 15) is 9.59 Å². The lowest BCUT2D eigenvalue weighted by atomic mass is 10.1. The van der Waals surface area contributed by atoms with Crippen LogP contribution < -0.4 is 14.8 Å². The highest BCUT2D eigenvalue weighted by Gasteiger charge is 2.22. The Morgan fingerprint density at radius 3 is 2.69 bits per heavy atom. The molecule has 9 heteroatoms. The van der Waals surface area contributed by atoms with Crippen molar-refractivity contribution < 1.29 is 28.3 Å². The minimum Gasteiger partial charge on any atom is -0.486 e. The van der Waals surface area contributed by atoms with Gasteiger partial charge < -0.3 is 18.7 Å². The molecule has 3 heterocycles. The number of rotatable bonds is 5. The summed E-state index contributed by atoms with van der Waals surface area (Å²) in [5, 5.41) is 6.20. The molecule has 1 atom stereocenters. The van der Waals surface area contributed by atoms with Crippen LogP contribution in [0, 0.1) is 6.92 Å². The molecule has 0 saturated heterocycles. The molecule has 1 aromatic carbocycles. The van der Waals surface area contributed by atoms with Crippen LogP contribution >= 0.6 is 11.3 Å². The second-order valence-electron chi connectivity index (χ2n) is 6.39. The van der Waals surface area contributed by atoms with Crippen molar-refractivity contribution in [3.05, 3.63) is 47.0 Å².